The number of para-hydroxylation sites is 22. The molecule has 30 rings (SSSR count). The molecule has 12 heterocycles. The summed E-state index contributed by atoms with van der Waals surface area (Å²) in [5.41, 5.74) is 27.2. The zero-order valence-electron chi connectivity index (χ0n) is 70.3. The van der Waals surface area contributed by atoms with E-state index in [-0.39, 0.29) is 17.7 Å². The van der Waals surface area contributed by atoms with Crippen LogP contribution in [0.25, 0.3) is 122 Å². The quantitative estimate of drug-likeness (QED) is 0.156. The molecule has 133 heavy (non-hydrogen) atoms. The first-order chi connectivity index (χ1) is 65.8. The lowest BCUT2D eigenvalue weighted by atomic mass is 10.0. The van der Waals surface area contributed by atoms with Crippen molar-refractivity contribution in [2.24, 2.45) is 0 Å². The third-order valence-corrected chi connectivity index (χ3v) is 28.6. The lowest BCUT2D eigenvalue weighted by molar-refractivity contribution is 0.0965. The van der Waals surface area contributed by atoms with E-state index in [1.54, 1.807) is 37.2 Å². The van der Waals surface area contributed by atoms with E-state index < -0.39 is 0 Å². The van der Waals surface area contributed by atoms with Gasteiger partial charge in [-0.25, -0.2) is 15.0 Å². The average Bonchev–Trinajstić information content (AvgIpc) is 1.57. The molecule has 0 fully saturated rings. The van der Waals surface area contributed by atoms with Crippen molar-refractivity contribution < 1.29 is 23.9 Å². The molecule has 0 radical (unpaired) electrons. The van der Waals surface area contributed by atoms with Gasteiger partial charge in [-0.2, -0.15) is 0 Å². The SMILES string of the molecule is O=C1c2cc(-n3c4ccccc4c4ccccc43)c(-n3c4ccccc4c4ccccc43)cc2-c2nc3ccccc3n21.O=C1c2cc(N3c4ccccc4Oc4ccccc43)c(N3c4ccccc4Oc4ccccc43)cc2-c2nc3ccccc3n21.O=C1c2cc(N3c4ccccc4Sc4ccccc43)c(N3c4ccccc4Sc4ccccc43)cc2-c2nc3ccccc3n21. The second-order valence-corrected chi connectivity index (χ2v) is 35.8. The normalized spacial score (nSPS) is 13.5. The Morgan fingerprint density at radius 1 is 0.188 bits per heavy atom. The van der Waals surface area contributed by atoms with Gasteiger partial charge in [0, 0.05) is 57.8 Å². The second-order valence-electron chi connectivity index (χ2n) is 33.6. The number of hydrogen-bond donors (Lipinski definition) is 0. The Kier molecular flexibility index (Phi) is 16.1. The van der Waals surface area contributed by atoms with Crippen LogP contribution in [-0.2, 0) is 0 Å². The smallest absolute Gasteiger partial charge is 0.264 e. The van der Waals surface area contributed by atoms with Crippen LogP contribution in [0.5, 0.6) is 23.0 Å². The van der Waals surface area contributed by atoms with Gasteiger partial charge in [-0.1, -0.05) is 230 Å². The predicted molar refractivity (Wildman–Crippen MR) is 530 cm³/mol. The summed E-state index contributed by atoms with van der Waals surface area (Å²) >= 11 is 3.57. The fourth-order valence-electron chi connectivity index (χ4n) is 20.7. The first-order valence-corrected chi connectivity index (χ1v) is 45.6. The Bertz CT molecular complexity index is 8470. The fraction of sp³-hybridized carbons (Fsp3) is 0. The standard InChI is InChI=1S/C38H22N4O3.C38H22N4OS2.C38H22N4O/c2*43-38-24-22-32(41-29-15-5-9-19-35(29)45-36-20-10-6-16-30(36)41)31(21-23(24)37-39-25-11-1-2-12-26(25)42(37)38)40-27-13-3-7-17-33(27)44-34-18-8-4-14-28(34)40;43-38-28-22-36(41-32-18-8-3-13-25(32)26-14-4-9-19-33(26)41)35(21-27(28)37-39-29-15-5-10-20-34(29)42(37)38)40-30-16-6-1-11-23(30)24-12-2-7-17-31(24)40/h2*1-22H;1-22H. The fourth-order valence-corrected chi connectivity index (χ4v) is 22.8. The number of hydrogen-bond acceptors (Lipinski definition) is 14. The van der Waals surface area contributed by atoms with E-state index in [4.69, 9.17) is 24.4 Å². The summed E-state index contributed by atoms with van der Waals surface area (Å²) in [6, 6.07) is 136. The molecule has 7 aliphatic heterocycles. The summed E-state index contributed by atoms with van der Waals surface area (Å²) < 4.78 is 22.7. The van der Waals surface area contributed by atoms with Crippen LogP contribution >= 0.6 is 23.5 Å². The van der Waals surface area contributed by atoms with Gasteiger partial charge in [0.2, 0.25) is 0 Å². The molecule has 23 aromatic rings. The molecule has 624 valence electrons. The molecule has 0 N–H and O–H groups in total. The number of anilines is 12. The van der Waals surface area contributed by atoms with Crippen LogP contribution in [0.2, 0.25) is 0 Å². The maximum Gasteiger partial charge on any atom is 0.264 e. The van der Waals surface area contributed by atoms with Crippen molar-refractivity contribution in [2.45, 2.75) is 19.6 Å². The highest BCUT2D eigenvalue weighted by Gasteiger charge is 2.42. The van der Waals surface area contributed by atoms with Crippen LogP contribution < -0.4 is 29.1 Å². The maximum atomic E-state index is 14.3. The molecule has 0 bridgehead atoms. The number of carbonyl (C=O) groups is 3. The predicted octanol–water partition coefficient (Wildman–Crippen LogP) is 29.3. The maximum absolute atomic E-state index is 14.3. The van der Waals surface area contributed by atoms with Crippen LogP contribution in [0, 0.1) is 0 Å². The van der Waals surface area contributed by atoms with Gasteiger partial charge in [-0.15, -0.1) is 0 Å². The lowest BCUT2D eigenvalue weighted by Crippen LogP contribution is -2.22. The lowest BCUT2D eigenvalue weighted by Gasteiger charge is -2.39. The Morgan fingerprint density at radius 3 is 0.692 bits per heavy atom. The molecule has 0 amide bonds. The molecule has 0 unspecified atom stereocenters. The molecule has 0 aliphatic carbocycles. The van der Waals surface area contributed by atoms with E-state index in [0.29, 0.717) is 34.2 Å². The number of nitrogens with zero attached hydrogens (tertiary/aromatic N) is 12. The van der Waals surface area contributed by atoms with Crippen molar-refractivity contribution in [3.63, 3.8) is 0 Å². The number of carbonyl (C=O) groups excluding carboxylic acids is 3. The molecule has 7 aliphatic rings. The topological polar surface area (TPSA) is 146 Å². The second kappa shape index (κ2) is 28.7. The van der Waals surface area contributed by atoms with Crippen LogP contribution in [0.4, 0.5) is 68.2 Å². The Balaban J connectivity index is 0.0000000996. The van der Waals surface area contributed by atoms with E-state index in [2.05, 4.69) is 265 Å². The van der Waals surface area contributed by atoms with Gasteiger partial charge in [-0.05, 0) is 194 Å². The minimum absolute atomic E-state index is 0.0468. The van der Waals surface area contributed by atoms with Crippen molar-refractivity contribution in [1.82, 2.24) is 37.8 Å². The highest BCUT2D eigenvalue weighted by molar-refractivity contribution is 8.00. The van der Waals surface area contributed by atoms with E-state index in [9.17, 15) is 14.4 Å². The monoisotopic (exact) mass is 1750 g/mol. The molecule has 0 spiro atoms. The van der Waals surface area contributed by atoms with Crippen LogP contribution in [0.15, 0.2) is 420 Å². The molecular weight excluding hydrogens is 1680 g/mol. The zero-order valence-corrected chi connectivity index (χ0v) is 72.0. The van der Waals surface area contributed by atoms with Gasteiger partial charge in [0.15, 0.2) is 23.0 Å². The van der Waals surface area contributed by atoms with E-state index >= 15 is 0 Å². The number of imidazole rings is 3. The summed E-state index contributed by atoms with van der Waals surface area (Å²) in [4.78, 5) is 71.3. The van der Waals surface area contributed by atoms with Gasteiger partial charge >= 0.3 is 0 Å². The van der Waals surface area contributed by atoms with E-state index in [1.807, 2.05) is 164 Å². The van der Waals surface area contributed by atoms with Crippen LogP contribution in [0.3, 0.4) is 0 Å². The Labute approximate surface area is 767 Å². The first-order valence-electron chi connectivity index (χ1n) is 44.0. The molecule has 5 aromatic heterocycles. The number of fused-ring (bicyclic) bond motifs is 29. The van der Waals surface area contributed by atoms with Crippen LogP contribution in [-0.4, -0.2) is 55.5 Å². The minimum atomic E-state index is -0.0980. The molecule has 0 saturated heterocycles. The Hall–Kier alpha value is -17.5. The molecule has 0 saturated carbocycles. The molecule has 17 nitrogen and oxygen atoms in total. The van der Waals surface area contributed by atoms with Gasteiger partial charge in [0.1, 0.15) is 17.5 Å². The third kappa shape index (κ3) is 11.0. The summed E-state index contributed by atoms with van der Waals surface area (Å²) in [5.74, 6) is 4.78. The summed E-state index contributed by atoms with van der Waals surface area (Å²) in [5, 5.41) is 4.74. The average molecular weight is 1750 g/mol. The van der Waals surface area contributed by atoms with E-state index in [0.717, 1.165) is 174 Å². The number of rotatable bonds is 6. The Morgan fingerprint density at radius 2 is 0.398 bits per heavy atom. The highest BCUT2D eigenvalue weighted by Crippen LogP contribution is 2.62. The number of ether oxygens (including phenoxy) is 2. The van der Waals surface area contributed by atoms with Gasteiger partial charge < -0.3 is 38.2 Å². The molecule has 0 atom stereocenters. The van der Waals surface area contributed by atoms with Crippen molar-refractivity contribution >= 4 is 186 Å². The minimum Gasteiger partial charge on any atom is -0.453 e. The van der Waals surface area contributed by atoms with Crippen molar-refractivity contribution in [1.29, 1.82) is 0 Å². The number of benzene rings is 18. The van der Waals surface area contributed by atoms with Crippen molar-refractivity contribution in [2.75, 3.05) is 19.6 Å². The summed E-state index contributed by atoms with van der Waals surface area (Å²) in [7, 11) is 0. The largest absolute Gasteiger partial charge is 0.453 e. The van der Waals surface area contributed by atoms with E-state index in [1.165, 1.54) is 41.1 Å². The van der Waals surface area contributed by atoms with Gasteiger partial charge in [0.25, 0.3) is 17.7 Å². The number of aromatic nitrogens is 8. The van der Waals surface area contributed by atoms with Crippen molar-refractivity contribution in [3.05, 3.63) is 417 Å². The zero-order chi connectivity index (χ0) is 87.5. The molecule has 19 heteroatoms. The van der Waals surface area contributed by atoms with Crippen molar-refractivity contribution in [3.8, 4) is 68.5 Å². The van der Waals surface area contributed by atoms with Crippen LogP contribution in [0.1, 0.15) is 31.1 Å². The summed E-state index contributed by atoms with van der Waals surface area (Å²) in [6.07, 6.45) is 0. The highest BCUT2D eigenvalue weighted by atomic mass is 32.2. The summed E-state index contributed by atoms with van der Waals surface area (Å²) in [6.45, 7) is 0. The van der Waals surface area contributed by atoms with Gasteiger partial charge in [0.05, 0.1) is 151 Å². The molecular formula is C114H66N12O5S2. The van der Waals surface area contributed by atoms with Gasteiger partial charge in [-0.3, -0.25) is 28.1 Å². The third-order valence-electron chi connectivity index (χ3n) is 26.4. The first kappa shape index (κ1) is 74.6. The molecule has 18 aromatic carbocycles.